The Morgan fingerprint density at radius 3 is 2.36 bits per heavy atom. The standard InChI is InChI=1S/C45H51F3N8O5/c1-28(2)55-20-18-54(19-21-55)27-33-14-15-34(24-36(33)45(46,47)48)50-39(58)23-31-11-9-10-30(22-31)12-13-32-26-49-42(52(7)29(3)57)51-40(32)38-25-35-37(53(38)8)16-17-56(41(35)59)43(60)61-44(4,5)6/h9-11,14-15,22,24-26,28H,16-21,23,27H2,1-8H3,(H,50,58). The van der Waals surface area contributed by atoms with Crippen LogP contribution in [0.15, 0.2) is 54.7 Å². The molecule has 4 aromatic rings. The van der Waals surface area contributed by atoms with Gasteiger partial charge < -0.3 is 14.6 Å². The van der Waals surface area contributed by atoms with E-state index in [1.165, 1.54) is 37.2 Å². The number of piperazine rings is 1. The second-order valence-corrected chi connectivity index (χ2v) is 16.6. The molecule has 0 bridgehead atoms. The minimum absolute atomic E-state index is 0.0506. The van der Waals surface area contributed by atoms with Gasteiger partial charge in [0.2, 0.25) is 17.8 Å². The SMILES string of the molecule is CC(=O)N(C)c1ncc(C#Cc2cccc(CC(=O)Nc3ccc(CN4CCN(C(C)C)CC4)c(C(F)(F)F)c3)c2)c(-c2cc3c(n2C)CCN(C(=O)OC(C)(C)C)C3=O)n1. The lowest BCUT2D eigenvalue weighted by Gasteiger charge is -2.37. The zero-order valence-electron chi connectivity index (χ0n) is 35.7. The van der Waals surface area contributed by atoms with Crippen molar-refractivity contribution in [2.75, 3.05) is 50.0 Å². The molecular formula is C45H51F3N8O5. The molecule has 2 aliphatic heterocycles. The van der Waals surface area contributed by atoms with Gasteiger partial charge in [0.05, 0.1) is 28.8 Å². The van der Waals surface area contributed by atoms with Gasteiger partial charge >= 0.3 is 12.3 Å². The number of imide groups is 1. The number of hydrogen-bond acceptors (Lipinski definition) is 9. The van der Waals surface area contributed by atoms with E-state index in [2.05, 4.69) is 40.9 Å². The van der Waals surface area contributed by atoms with Gasteiger partial charge in [-0.05, 0) is 76.1 Å². The molecule has 2 aromatic carbocycles. The number of ether oxygens (including phenoxy) is 1. The Bertz CT molecular complexity index is 2400. The van der Waals surface area contributed by atoms with E-state index in [9.17, 15) is 32.3 Å². The van der Waals surface area contributed by atoms with Crippen LogP contribution >= 0.6 is 0 Å². The van der Waals surface area contributed by atoms with Crippen LogP contribution in [0.25, 0.3) is 11.4 Å². The zero-order chi connectivity index (χ0) is 44.4. The minimum atomic E-state index is -4.60. The zero-order valence-corrected chi connectivity index (χ0v) is 35.7. The fourth-order valence-electron chi connectivity index (χ4n) is 7.30. The Balaban J connectivity index is 1.21. The van der Waals surface area contributed by atoms with Gasteiger partial charge in [0.25, 0.3) is 5.91 Å². The lowest BCUT2D eigenvalue weighted by Crippen LogP contribution is -2.48. The number of anilines is 2. The average Bonchev–Trinajstić information content (AvgIpc) is 3.53. The molecule has 0 atom stereocenters. The first kappa shape index (κ1) is 44.5. The molecule has 2 aromatic heterocycles. The Labute approximate surface area is 353 Å². The number of carbonyl (C=O) groups excluding carboxylic acids is 4. The van der Waals surface area contributed by atoms with E-state index < -0.39 is 35.2 Å². The van der Waals surface area contributed by atoms with Gasteiger partial charge in [-0.2, -0.15) is 13.2 Å². The van der Waals surface area contributed by atoms with Crippen molar-refractivity contribution in [3.8, 4) is 23.2 Å². The Morgan fingerprint density at radius 2 is 1.70 bits per heavy atom. The minimum Gasteiger partial charge on any atom is -0.443 e. The summed E-state index contributed by atoms with van der Waals surface area (Å²) >= 11 is 0. The summed E-state index contributed by atoms with van der Waals surface area (Å²) in [4.78, 5) is 67.7. The first-order valence-electron chi connectivity index (χ1n) is 20.1. The molecule has 4 amide bonds. The van der Waals surface area contributed by atoms with E-state index in [-0.39, 0.29) is 42.6 Å². The van der Waals surface area contributed by atoms with Crippen molar-refractivity contribution in [1.29, 1.82) is 0 Å². The van der Waals surface area contributed by atoms with Crippen LogP contribution in [0.3, 0.4) is 0 Å². The number of carbonyl (C=O) groups is 4. The van der Waals surface area contributed by atoms with Gasteiger partial charge in [0, 0.05) is 95.9 Å². The lowest BCUT2D eigenvalue weighted by atomic mass is 10.0. The molecule has 0 radical (unpaired) electrons. The van der Waals surface area contributed by atoms with Gasteiger partial charge in [0.15, 0.2) is 0 Å². The molecule has 0 unspecified atom stereocenters. The molecular weight excluding hydrogens is 790 g/mol. The number of aromatic nitrogens is 3. The normalized spacial score (nSPS) is 15.0. The van der Waals surface area contributed by atoms with Crippen LogP contribution in [0.1, 0.15) is 85.4 Å². The number of alkyl halides is 3. The van der Waals surface area contributed by atoms with Crippen molar-refractivity contribution in [2.24, 2.45) is 7.05 Å². The van der Waals surface area contributed by atoms with E-state index in [0.717, 1.165) is 24.1 Å². The van der Waals surface area contributed by atoms with E-state index in [0.29, 0.717) is 64.9 Å². The third kappa shape index (κ3) is 10.6. The molecule has 0 saturated carbocycles. The average molecular weight is 841 g/mol. The van der Waals surface area contributed by atoms with Crippen molar-refractivity contribution in [2.45, 2.75) is 78.7 Å². The molecule has 1 saturated heterocycles. The lowest BCUT2D eigenvalue weighted by molar-refractivity contribution is -0.138. The summed E-state index contributed by atoms with van der Waals surface area (Å²) in [6.45, 7) is 14.0. The highest BCUT2D eigenvalue weighted by Gasteiger charge is 2.36. The maximum atomic E-state index is 14.2. The molecule has 1 fully saturated rings. The van der Waals surface area contributed by atoms with Crippen molar-refractivity contribution in [3.63, 3.8) is 0 Å². The number of nitrogens with one attached hydrogen (secondary N) is 1. The number of hydrogen-bond donors (Lipinski definition) is 1. The van der Waals surface area contributed by atoms with Gasteiger partial charge in [-0.1, -0.05) is 30.0 Å². The van der Waals surface area contributed by atoms with Crippen LogP contribution in [0, 0.1) is 11.8 Å². The van der Waals surface area contributed by atoms with E-state index in [1.54, 1.807) is 58.2 Å². The van der Waals surface area contributed by atoms with E-state index in [4.69, 9.17) is 9.72 Å². The van der Waals surface area contributed by atoms with Crippen molar-refractivity contribution >= 4 is 35.5 Å². The molecule has 16 heteroatoms. The highest BCUT2D eigenvalue weighted by atomic mass is 19.4. The predicted molar refractivity (Wildman–Crippen MR) is 225 cm³/mol. The van der Waals surface area contributed by atoms with Crippen molar-refractivity contribution < 1.29 is 37.1 Å². The van der Waals surface area contributed by atoms with Crippen molar-refractivity contribution in [3.05, 3.63) is 93.8 Å². The van der Waals surface area contributed by atoms with Crippen LogP contribution < -0.4 is 10.2 Å². The summed E-state index contributed by atoms with van der Waals surface area (Å²) in [5.74, 6) is 5.00. The molecule has 61 heavy (non-hydrogen) atoms. The third-order valence-electron chi connectivity index (χ3n) is 10.7. The topological polar surface area (TPSA) is 133 Å². The number of benzene rings is 2. The Kier molecular flexibility index (Phi) is 13.1. The second-order valence-electron chi connectivity index (χ2n) is 16.6. The molecule has 4 heterocycles. The maximum Gasteiger partial charge on any atom is 0.417 e. The van der Waals surface area contributed by atoms with Crippen LogP contribution in [-0.4, -0.2) is 104 Å². The smallest absolute Gasteiger partial charge is 0.417 e. The van der Waals surface area contributed by atoms with E-state index >= 15 is 0 Å². The predicted octanol–water partition coefficient (Wildman–Crippen LogP) is 6.52. The Hall–Kier alpha value is -6.05. The summed E-state index contributed by atoms with van der Waals surface area (Å²) in [6.07, 6.45) is -3.61. The van der Waals surface area contributed by atoms with Crippen molar-refractivity contribution in [1.82, 2.24) is 29.2 Å². The van der Waals surface area contributed by atoms with Gasteiger partial charge in [-0.25, -0.2) is 19.7 Å². The van der Waals surface area contributed by atoms with Gasteiger partial charge in [-0.15, -0.1) is 0 Å². The third-order valence-corrected chi connectivity index (χ3v) is 10.7. The van der Waals surface area contributed by atoms with Crippen LogP contribution in [0.2, 0.25) is 0 Å². The van der Waals surface area contributed by atoms with Gasteiger partial charge in [-0.3, -0.25) is 29.1 Å². The number of nitrogens with zero attached hydrogens (tertiary/aromatic N) is 7. The maximum absolute atomic E-state index is 14.2. The summed E-state index contributed by atoms with van der Waals surface area (Å²) in [7, 11) is 3.31. The largest absolute Gasteiger partial charge is 0.443 e. The van der Waals surface area contributed by atoms with E-state index in [1.807, 2.05) is 9.47 Å². The number of amides is 4. The fourth-order valence-corrected chi connectivity index (χ4v) is 7.30. The summed E-state index contributed by atoms with van der Waals surface area (Å²) in [6, 6.07) is 12.9. The molecule has 0 aliphatic carbocycles. The molecule has 2 aliphatic rings. The fraction of sp³-hybridized carbons (Fsp3) is 0.422. The summed E-state index contributed by atoms with van der Waals surface area (Å²) in [5, 5.41) is 2.63. The summed E-state index contributed by atoms with van der Waals surface area (Å²) in [5.41, 5.74) is 1.97. The molecule has 0 spiro atoms. The monoisotopic (exact) mass is 840 g/mol. The first-order chi connectivity index (χ1) is 28.7. The molecule has 322 valence electrons. The van der Waals surface area contributed by atoms with Gasteiger partial charge in [0.1, 0.15) is 11.3 Å². The van der Waals surface area contributed by atoms with Crippen LogP contribution in [0.5, 0.6) is 0 Å². The Morgan fingerprint density at radius 1 is 0.984 bits per heavy atom. The van der Waals surface area contributed by atoms with Crippen LogP contribution in [0.4, 0.5) is 29.6 Å². The van der Waals surface area contributed by atoms with Crippen LogP contribution in [-0.2, 0) is 46.9 Å². The second kappa shape index (κ2) is 17.9. The molecule has 1 N–H and O–H groups in total. The number of halogens is 3. The highest BCUT2D eigenvalue weighted by Crippen LogP contribution is 2.35. The quantitative estimate of drug-likeness (QED) is 0.197. The molecule has 13 nitrogen and oxygen atoms in total. The number of rotatable bonds is 8. The summed E-state index contributed by atoms with van der Waals surface area (Å²) < 4.78 is 50.0. The number of fused-ring (bicyclic) bond motifs is 1. The molecule has 6 rings (SSSR count). The highest BCUT2D eigenvalue weighted by molar-refractivity contribution is 6.05. The first-order valence-corrected chi connectivity index (χ1v) is 20.1.